The molecule has 1 unspecified atom stereocenters. The number of halogens is 1. The van der Waals surface area contributed by atoms with Gasteiger partial charge in [-0.2, -0.15) is 0 Å². The van der Waals surface area contributed by atoms with Crippen molar-refractivity contribution in [1.82, 2.24) is 4.98 Å². The van der Waals surface area contributed by atoms with Crippen molar-refractivity contribution in [2.24, 2.45) is 5.16 Å². The third-order valence-corrected chi connectivity index (χ3v) is 3.96. The molecule has 1 amide bonds. The van der Waals surface area contributed by atoms with Crippen LogP contribution in [-0.2, 0) is 9.63 Å². The Morgan fingerprint density at radius 2 is 2.14 bits per heavy atom. The normalized spacial score (nSPS) is 16.8. The highest BCUT2D eigenvalue weighted by molar-refractivity contribution is 9.10. The van der Waals surface area contributed by atoms with Crippen molar-refractivity contribution in [1.29, 1.82) is 0 Å². The van der Waals surface area contributed by atoms with Crippen molar-refractivity contribution in [2.45, 2.75) is 19.4 Å². The molecule has 5 nitrogen and oxygen atoms in total. The van der Waals surface area contributed by atoms with Gasteiger partial charge in [0.05, 0.1) is 5.69 Å². The summed E-state index contributed by atoms with van der Waals surface area (Å²) in [4.78, 5) is 21.8. The first-order valence-corrected chi connectivity index (χ1v) is 7.64. The quantitative estimate of drug-likeness (QED) is 0.851. The Labute approximate surface area is 136 Å². The summed E-state index contributed by atoms with van der Waals surface area (Å²) in [6.07, 6.45) is 1.97. The van der Waals surface area contributed by atoms with Crippen LogP contribution in [0.2, 0.25) is 0 Å². The van der Waals surface area contributed by atoms with Crippen LogP contribution < -0.4 is 5.32 Å². The van der Waals surface area contributed by atoms with Gasteiger partial charge in [0.2, 0.25) is 0 Å². The van der Waals surface area contributed by atoms with E-state index in [0.717, 1.165) is 11.1 Å². The predicted molar refractivity (Wildman–Crippen MR) is 87.6 cm³/mol. The second-order valence-electron chi connectivity index (χ2n) is 5.05. The van der Waals surface area contributed by atoms with Crippen molar-refractivity contribution in [3.63, 3.8) is 0 Å². The fourth-order valence-corrected chi connectivity index (χ4v) is 2.51. The van der Waals surface area contributed by atoms with Gasteiger partial charge < -0.3 is 10.2 Å². The highest BCUT2D eigenvalue weighted by Crippen LogP contribution is 2.28. The molecule has 1 atom stereocenters. The molecule has 0 spiro atoms. The Bertz CT molecular complexity index is 731. The van der Waals surface area contributed by atoms with Gasteiger partial charge in [-0.3, -0.25) is 4.79 Å². The number of aryl methyl sites for hydroxylation is 1. The molecule has 112 valence electrons. The fourth-order valence-electron chi connectivity index (χ4n) is 2.19. The van der Waals surface area contributed by atoms with E-state index >= 15 is 0 Å². The number of nitrogens with one attached hydrogen (secondary N) is 1. The lowest BCUT2D eigenvalue weighted by Crippen LogP contribution is -2.22. The zero-order valence-electron chi connectivity index (χ0n) is 11.9. The summed E-state index contributed by atoms with van der Waals surface area (Å²) in [7, 11) is 0. The van der Waals surface area contributed by atoms with Crippen LogP contribution in [0.25, 0.3) is 0 Å². The summed E-state index contributed by atoms with van der Waals surface area (Å²) in [5, 5.41) is 6.72. The first kappa shape index (κ1) is 14.7. The highest BCUT2D eigenvalue weighted by atomic mass is 79.9. The molecule has 1 aromatic heterocycles. The van der Waals surface area contributed by atoms with E-state index in [1.165, 1.54) is 0 Å². The maximum atomic E-state index is 12.3. The van der Waals surface area contributed by atoms with E-state index in [1.807, 2.05) is 43.3 Å². The average Bonchev–Trinajstić information content (AvgIpc) is 3.02. The molecule has 1 aliphatic heterocycles. The minimum atomic E-state index is -0.272. The topological polar surface area (TPSA) is 63.6 Å². The Hall–Kier alpha value is -2.21. The molecule has 0 saturated carbocycles. The first-order valence-electron chi connectivity index (χ1n) is 6.84. The Morgan fingerprint density at radius 3 is 2.91 bits per heavy atom. The molecule has 22 heavy (non-hydrogen) atoms. The number of pyridine rings is 1. The minimum Gasteiger partial charge on any atom is -0.387 e. The van der Waals surface area contributed by atoms with E-state index in [1.54, 1.807) is 6.20 Å². The molecule has 1 N–H and O–H groups in total. The zero-order chi connectivity index (χ0) is 15.5. The van der Waals surface area contributed by atoms with Gasteiger partial charge in [0.1, 0.15) is 10.3 Å². The maximum Gasteiger partial charge on any atom is 0.273 e. The fraction of sp³-hybridized carbons (Fsp3) is 0.188. The van der Waals surface area contributed by atoms with Crippen molar-refractivity contribution < 1.29 is 9.63 Å². The summed E-state index contributed by atoms with van der Waals surface area (Å²) in [5.41, 5.74) is 2.97. The summed E-state index contributed by atoms with van der Waals surface area (Å²) in [6, 6.07) is 11.6. The van der Waals surface area contributed by atoms with Gasteiger partial charge in [0, 0.05) is 12.6 Å². The van der Waals surface area contributed by atoms with Crippen LogP contribution in [0.4, 0.5) is 5.69 Å². The van der Waals surface area contributed by atoms with Crippen LogP contribution in [-0.4, -0.2) is 16.6 Å². The average molecular weight is 360 g/mol. The standard InChI is InChI=1S/C16H14BrN3O2/c1-10-7-12(15(17)18-9-10)19-16(21)13-8-14(22-20-13)11-5-3-2-4-6-11/h2-7,9,14H,8H2,1H3,(H,19,21). The molecule has 0 bridgehead atoms. The second kappa shape index (κ2) is 6.27. The Morgan fingerprint density at radius 1 is 1.36 bits per heavy atom. The zero-order valence-corrected chi connectivity index (χ0v) is 13.5. The van der Waals surface area contributed by atoms with Gasteiger partial charge in [-0.1, -0.05) is 35.5 Å². The van der Waals surface area contributed by atoms with Gasteiger partial charge in [-0.05, 0) is 40.0 Å². The summed E-state index contributed by atoms with van der Waals surface area (Å²) >= 11 is 3.32. The minimum absolute atomic E-state index is 0.207. The second-order valence-corrected chi connectivity index (χ2v) is 5.80. The molecule has 0 aliphatic carbocycles. The van der Waals surface area contributed by atoms with Crippen molar-refractivity contribution >= 4 is 33.2 Å². The maximum absolute atomic E-state index is 12.3. The van der Waals surface area contributed by atoms with E-state index in [0.29, 0.717) is 22.4 Å². The van der Waals surface area contributed by atoms with Gasteiger partial charge in [0.15, 0.2) is 6.10 Å². The number of hydrogen-bond acceptors (Lipinski definition) is 4. The van der Waals surface area contributed by atoms with Gasteiger partial charge in [-0.15, -0.1) is 0 Å². The van der Waals surface area contributed by atoms with Crippen LogP contribution in [0, 0.1) is 6.92 Å². The van der Waals surface area contributed by atoms with Crippen LogP contribution in [0.15, 0.2) is 52.4 Å². The number of amides is 1. The Kier molecular flexibility index (Phi) is 4.20. The number of carbonyl (C=O) groups is 1. The summed E-state index contributed by atoms with van der Waals surface area (Å²) < 4.78 is 0.588. The number of oxime groups is 1. The molecule has 2 aromatic rings. The molecule has 3 rings (SSSR count). The predicted octanol–water partition coefficient (Wildman–Crippen LogP) is 3.61. The third kappa shape index (κ3) is 3.17. The lowest BCUT2D eigenvalue weighted by atomic mass is 10.0. The van der Waals surface area contributed by atoms with Crippen LogP contribution in [0.3, 0.4) is 0 Å². The lowest BCUT2D eigenvalue weighted by Gasteiger charge is -2.08. The number of aromatic nitrogens is 1. The van der Waals surface area contributed by atoms with Gasteiger partial charge >= 0.3 is 0 Å². The van der Waals surface area contributed by atoms with Crippen molar-refractivity contribution in [3.8, 4) is 0 Å². The molecular weight excluding hydrogens is 346 g/mol. The molecule has 1 aromatic carbocycles. The molecule has 0 fully saturated rings. The number of hydrogen-bond donors (Lipinski definition) is 1. The van der Waals surface area contributed by atoms with E-state index in [-0.39, 0.29) is 12.0 Å². The number of rotatable bonds is 3. The first-order chi connectivity index (χ1) is 10.6. The number of benzene rings is 1. The Balaban J connectivity index is 1.68. The van der Waals surface area contributed by atoms with E-state index in [4.69, 9.17) is 4.84 Å². The lowest BCUT2D eigenvalue weighted by molar-refractivity contribution is -0.110. The molecule has 6 heteroatoms. The molecule has 1 aliphatic rings. The van der Waals surface area contributed by atoms with Crippen molar-refractivity contribution in [3.05, 3.63) is 58.3 Å². The SMILES string of the molecule is Cc1cnc(Br)c(NC(=O)C2=NOC(c3ccccc3)C2)c1. The number of nitrogens with zero attached hydrogens (tertiary/aromatic N) is 2. The number of anilines is 1. The smallest absolute Gasteiger partial charge is 0.273 e. The highest BCUT2D eigenvalue weighted by Gasteiger charge is 2.27. The van der Waals surface area contributed by atoms with E-state index in [2.05, 4.69) is 31.4 Å². The number of carbonyl (C=O) groups excluding carboxylic acids is 1. The monoisotopic (exact) mass is 359 g/mol. The third-order valence-electron chi connectivity index (χ3n) is 3.33. The van der Waals surface area contributed by atoms with Gasteiger partial charge in [-0.25, -0.2) is 4.98 Å². The van der Waals surface area contributed by atoms with Crippen molar-refractivity contribution in [2.75, 3.05) is 5.32 Å². The van der Waals surface area contributed by atoms with Crippen LogP contribution in [0.5, 0.6) is 0 Å². The van der Waals surface area contributed by atoms with E-state index in [9.17, 15) is 4.79 Å². The molecule has 0 radical (unpaired) electrons. The molecular formula is C16H14BrN3O2. The molecule has 0 saturated heterocycles. The van der Waals surface area contributed by atoms with Gasteiger partial charge in [0.25, 0.3) is 5.91 Å². The largest absolute Gasteiger partial charge is 0.387 e. The summed E-state index contributed by atoms with van der Waals surface area (Å²) in [6.45, 7) is 1.91. The van der Waals surface area contributed by atoms with Crippen LogP contribution in [0.1, 0.15) is 23.7 Å². The van der Waals surface area contributed by atoms with E-state index < -0.39 is 0 Å². The van der Waals surface area contributed by atoms with Crippen LogP contribution >= 0.6 is 15.9 Å². The summed E-state index contributed by atoms with van der Waals surface area (Å²) in [5.74, 6) is -0.272. The molecule has 2 heterocycles.